The highest BCUT2D eigenvalue weighted by molar-refractivity contribution is 5.79. The molecular weight excluding hydrogens is 302 g/mol. The van der Waals surface area contributed by atoms with E-state index in [1.807, 2.05) is 31.9 Å². The second-order valence-electron chi connectivity index (χ2n) is 6.42. The van der Waals surface area contributed by atoms with Gasteiger partial charge in [-0.25, -0.2) is 4.98 Å². The molecule has 0 bridgehead atoms. The first kappa shape index (κ1) is 18.5. The monoisotopic (exact) mass is 333 g/mol. The van der Waals surface area contributed by atoms with Gasteiger partial charge in [-0.1, -0.05) is 6.92 Å². The summed E-state index contributed by atoms with van der Waals surface area (Å²) in [6.07, 6.45) is 4.89. The molecule has 1 aliphatic heterocycles. The second-order valence-corrected chi connectivity index (χ2v) is 6.42. The lowest BCUT2D eigenvalue weighted by Gasteiger charge is -2.34. The summed E-state index contributed by atoms with van der Waals surface area (Å²) in [5.74, 6) is 1.95. The van der Waals surface area contributed by atoms with Gasteiger partial charge in [-0.3, -0.25) is 4.79 Å². The fraction of sp³-hybridized carbons (Fsp3) is 0.722. The topological polar surface area (TPSA) is 61.4 Å². The molecule has 1 amide bonds. The molecule has 0 radical (unpaired) electrons. The maximum atomic E-state index is 12.6. The van der Waals surface area contributed by atoms with Crippen molar-refractivity contribution in [3.63, 3.8) is 0 Å². The Kier molecular flexibility index (Phi) is 6.82. The van der Waals surface area contributed by atoms with Crippen molar-refractivity contribution in [2.75, 3.05) is 42.9 Å². The van der Waals surface area contributed by atoms with Crippen LogP contribution in [0.3, 0.4) is 0 Å². The Morgan fingerprint density at radius 3 is 2.79 bits per heavy atom. The number of carbonyl (C=O) groups excluding carboxylic acids is 1. The zero-order valence-corrected chi connectivity index (χ0v) is 15.5. The summed E-state index contributed by atoms with van der Waals surface area (Å²) >= 11 is 0. The van der Waals surface area contributed by atoms with Crippen LogP contribution in [-0.4, -0.2) is 53.5 Å². The Labute approximate surface area is 145 Å². The molecule has 6 nitrogen and oxygen atoms in total. The van der Waals surface area contributed by atoms with E-state index in [1.165, 1.54) is 0 Å². The first-order valence-corrected chi connectivity index (χ1v) is 9.21. The molecule has 1 aromatic rings. The van der Waals surface area contributed by atoms with Crippen LogP contribution in [0.5, 0.6) is 0 Å². The van der Waals surface area contributed by atoms with Crippen molar-refractivity contribution in [3.05, 3.63) is 11.8 Å². The van der Waals surface area contributed by atoms with E-state index in [2.05, 4.69) is 22.1 Å². The summed E-state index contributed by atoms with van der Waals surface area (Å²) in [4.78, 5) is 25.9. The molecule has 0 saturated carbocycles. The number of hydrogen-bond acceptors (Lipinski definition) is 5. The maximum absolute atomic E-state index is 12.6. The van der Waals surface area contributed by atoms with Gasteiger partial charge in [0.05, 0.1) is 5.92 Å². The quantitative estimate of drug-likeness (QED) is 0.831. The number of anilines is 2. The van der Waals surface area contributed by atoms with Gasteiger partial charge in [0.1, 0.15) is 5.82 Å². The molecule has 1 saturated heterocycles. The summed E-state index contributed by atoms with van der Waals surface area (Å²) in [7, 11) is 0. The number of piperidine rings is 1. The molecule has 1 unspecified atom stereocenters. The zero-order chi connectivity index (χ0) is 17.5. The van der Waals surface area contributed by atoms with Gasteiger partial charge in [0.2, 0.25) is 11.9 Å². The van der Waals surface area contributed by atoms with Crippen molar-refractivity contribution in [2.24, 2.45) is 5.92 Å². The summed E-state index contributed by atoms with van der Waals surface area (Å²) in [5.41, 5.74) is 1.06. The van der Waals surface area contributed by atoms with E-state index in [9.17, 15) is 4.79 Å². The predicted octanol–water partition coefficient (Wildman–Crippen LogP) is 2.69. The Bertz CT molecular complexity index is 544. The first-order valence-electron chi connectivity index (χ1n) is 9.21. The Morgan fingerprint density at radius 2 is 2.12 bits per heavy atom. The molecule has 1 fully saturated rings. The van der Waals surface area contributed by atoms with Gasteiger partial charge in [-0.2, -0.15) is 4.98 Å². The van der Waals surface area contributed by atoms with Crippen molar-refractivity contribution in [1.29, 1.82) is 0 Å². The minimum Gasteiger partial charge on any atom is -0.370 e. The SMILES string of the molecule is CCCNc1nc(N2CCCC(C(=O)N(CC)CC)C2)ncc1C. The van der Waals surface area contributed by atoms with E-state index in [1.54, 1.807) is 0 Å². The summed E-state index contributed by atoms with van der Waals surface area (Å²) in [5, 5.41) is 3.36. The summed E-state index contributed by atoms with van der Waals surface area (Å²) in [6.45, 7) is 12.3. The molecule has 1 aliphatic rings. The first-order chi connectivity index (χ1) is 11.6. The lowest BCUT2D eigenvalue weighted by atomic mass is 9.96. The largest absolute Gasteiger partial charge is 0.370 e. The van der Waals surface area contributed by atoms with Crippen LogP contribution >= 0.6 is 0 Å². The van der Waals surface area contributed by atoms with Crippen molar-refractivity contribution in [2.45, 2.75) is 47.0 Å². The molecule has 0 spiro atoms. The Morgan fingerprint density at radius 1 is 1.38 bits per heavy atom. The molecule has 1 aromatic heterocycles. The maximum Gasteiger partial charge on any atom is 0.227 e. The van der Waals surface area contributed by atoms with Gasteiger partial charge in [0.15, 0.2) is 0 Å². The molecule has 2 heterocycles. The van der Waals surface area contributed by atoms with Crippen LogP contribution in [0.2, 0.25) is 0 Å². The van der Waals surface area contributed by atoms with E-state index < -0.39 is 0 Å². The van der Waals surface area contributed by atoms with Crippen molar-refractivity contribution in [3.8, 4) is 0 Å². The smallest absolute Gasteiger partial charge is 0.227 e. The lowest BCUT2D eigenvalue weighted by molar-refractivity contribution is -0.135. The number of hydrogen-bond donors (Lipinski definition) is 1. The number of rotatable bonds is 7. The molecule has 1 N–H and O–H groups in total. The Balaban J connectivity index is 2.10. The number of nitrogens with zero attached hydrogens (tertiary/aromatic N) is 4. The van der Waals surface area contributed by atoms with E-state index in [-0.39, 0.29) is 11.8 Å². The number of aromatic nitrogens is 2. The second kappa shape index (κ2) is 8.85. The fourth-order valence-electron chi connectivity index (χ4n) is 3.16. The number of amides is 1. The van der Waals surface area contributed by atoms with Crippen LogP contribution < -0.4 is 10.2 Å². The average Bonchev–Trinajstić information content (AvgIpc) is 2.62. The normalized spacial score (nSPS) is 17.7. The molecule has 2 rings (SSSR count). The highest BCUT2D eigenvalue weighted by Gasteiger charge is 2.29. The minimum atomic E-state index is 0.0515. The van der Waals surface area contributed by atoms with Crippen LogP contribution in [0.15, 0.2) is 6.20 Å². The predicted molar refractivity (Wildman–Crippen MR) is 98.4 cm³/mol. The third-order valence-corrected chi connectivity index (χ3v) is 4.63. The molecule has 134 valence electrons. The minimum absolute atomic E-state index is 0.0515. The summed E-state index contributed by atoms with van der Waals surface area (Å²) in [6, 6.07) is 0. The molecule has 0 aromatic carbocycles. The standard InChI is InChI=1S/C18H31N5O/c1-5-10-19-16-14(4)12-20-18(21-16)23-11-8-9-15(13-23)17(24)22(6-2)7-3/h12,15H,5-11,13H2,1-4H3,(H,19,20,21). The molecular formula is C18H31N5O. The van der Waals surface area contributed by atoms with Gasteiger partial charge in [-0.15, -0.1) is 0 Å². The number of carbonyl (C=O) groups is 1. The third kappa shape index (κ3) is 4.36. The zero-order valence-electron chi connectivity index (χ0n) is 15.5. The van der Waals surface area contributed by atoms with Crippen molar-refractivity contribution in [1.82, 2.24) is 14.9 Å². The third-order valence-electron chi connectivity index (χ3n) is 4.63. The van der Waals surface area contributed by atoms with Crippen LogP contribution in [0.25, 0.3) is 0 Å². The lowest BCUT2D eigenvalue weighted by Crippen LogP contribution is -2.45. The summed E-state index contributed by atoms with van der Waals surface area (Å²) < 4.78 is 0. The van der Waals surface area contributed by atoms with E-state index >= 15 is 0 Å². The highest BCUT2D eigenvalue weighted by atomic mass is 16.2. The van der Waals surface area contributed by atoms with Crippen LogP contribution in [-0.2, 0) is 4.79 Å². The van der Waals surface area contributed by atoms with Gasteiger partial charge in [-0.05, 0) is 40.0 Å². The molecule has 1 atom stereocenters. The van der Waals surface area contributed by atoms with Crippen molar-refractivity contribution < 1.29 is 4.79 Å². The van der Waals surface area contributed by atoms with Gasteiger partial charge < -0.3 is 15.1 Å². The highest BCUT2D eigenvalue weighted by Crippen LogP contribution is 2.23. The molecule has 0 aliphatic carbocycles. The number of aryl methyl sites for hydroxylation is 1. The van der Waals surface area contributed by atoms with Crippen LogP contribution in [0.1, 0.15) is 45.6 Å². The van der Waals surface area contributed by atoms with Gasteiger partial charge in [0.25, 0.3) is 0 Å². The Hall–Kier alpha value is -1.85. The van der Waals surface area contributed by atoms with Gasteiger partial charge in [0, 0.05) is 44.5 Å². The van der Waals surface area contributed by atoms with Gasteiger partial charge >= 0.3 is 0 Å². The fourth-order valence-corrected chi connectivity index (χ4v) is 3.16. The van der Waals surface area contributed by atoms with E-state index in [0.29, 0.717) is 6.54 Å². The number of nitrogens with one attached hydrogen (secondary N) is 1. The van der Waals surface area contributed by atoms with Crippen LogP contribution in [0, 0.1) is 12.8 Å². The van der Waals surface area contributed by atoms with E-state index in [0.717, 1.165) is 62.8 Å². The van der Waals surface area contributed by atoms with Crippen LogP contribution in [0.4, 0.5) is 11.8 Å². The van der Waals surface area contributed by atoms with E-state index in [4.69, 9.17) is 4.98 Å². The molecule has 6 heteroatoms. The van der Waals surface area contributed by atoms with Crippen molar-refractivity contribution >= 4 is 17.7 Å². The average molecular weight is 333 g/mol. The molecule has 24 heavy (non-hydrogen) atoms.